The van der Waals surface area contributed by atoms with Crippen molar-refractivity contribution in [2.24, 2.45) is 5.92 Å². The van der Waals surface area contributed by atoms with E-state index in [2.05, 4.69) is 0 Å². The SMILES string of the molecule is CCC(C)N(CC(=O)O)C(=O)N1CCCC(CCO)C1. The molecule has 20 heavy (non-hydrogen) atoms. The number of amides is 2. The van der Waals surface area contributed by atoms with Gasteiger partial charge in [0, 0.05) is 25.7 Å². The Bertz CT molecular complexity index is 333. The van der Waals surface area contributed by atoms with Crippen LogP contribution in [0, 0.1) is 5.92 Å². The topological polar surface area (TPSA) is 81.1 Å². The van der Waals surface area contributed by atoms with Gasteiger partial charge in [-0.05, 0) is 38.5 Å². The lowest BCUT2D eigenvalue weighted by Gasteiger charge is -2.37. The highest BCUT2D eigenvalue weighted by molar-refractivity contribution is 5.80. The molecule has 0 aromatic rings. The minimum atomic E-state index is -0.984. The van der Waals surface area contributed by atoms with Crippen molar-refractivity contribution in [3.63, 3.8) is 0 Å². The van der Waals surface area contributed by atoms with E-state index in [-0.39, 0.29) is 25.2 Å². The first kappa shape index (κ1) is 16.8. The molecule has 6 heteroatoms. The summed E-state index contributed by atoms with van der Waals surface area (Å²) in [5, 5.41) is 18.0. The average molecular weight is 286 g/mol. The van der Waals surface area contributed by atoms with Crippen molar-refractivity contribution in [2.75, 3.05) is 26.2 Å². The number of aliphatic carboxylic acids is 1. The molecule has 1 aliphatic rings. The van der Waals surface area contributed by atoms with E-state index in [1.807, 2.05) is 13.8 Å². The van der Waals surface area contributed by atoms with Crippen molar-refractivity contribution in [1.29, 1.82) is 0 Å². The monoisotopic (exact) mass is 286 g/mol. The summed E-state index contributed by atoms with van der Waals surface area (Å²) in [5.74, 6) is -0.663. The average Bonchev–Trinajstić information content (AvgIpc) is 2.43. The van der Waals surface area contributed by atoms with E-state index in [4.69, 9.17) is 10.2 Å². The molecule has 0 spiro atoms. The number of carbonyl (C=O) groups excluding carboxylic acids is 1. The highest BCUT2D eigenvalue weighted by atomic mass is 16.4. The van der Waals surface area contributed by atoms with E-state index >= 15 is 0 Å². The van der Waals surface area contributed by atoms with Gasteiger partial charge < -0.3 is 20.0 Å². The van der Waals surface area contributed by atoms with Gasteiger partial charge in [0.25, 0.3) is 0 Å². The van der Waals surface area contributed by atoms with Gasteiger partial charge in [-0.15, -0.1) is 0 Å². The minimum absolute atomic E-state index is 0.0863. The summed E-state index contributed by atoms with van der Waals surface area (Å²) in [6, 6.07) is -0.277. The van der Waals surface area contributed by atoms with Gasteiger partial charge in [-0.25, -0.2) is 4.79 Å². The van der Waals surface area contributed by atoms with E-state index in [1.54, 1.807) is 4.90 Å². The Morgan fingerprint density at radius 2 is 2.15 bits per heavy atom. The number of carboxylic acids is 1. The molecule has 2 atom stereocenters. The molecule has 6 nitrogen and oxygen atoms in total. The number of carboxylic acid groups (broad SMARTS) is 1. The van der Waals surface area contributed by atoms with E-state index in [9.17, 15) is 9.59 Å². The lowest BCUT2D eigenvalue weighted by atomic mass is 9.95. The summed E-state index contributed by atoms with van der Waals surface area (Å²) in [6.45, 7) is 4.98. The number of urea groups is 1. The summed E-state index contributed by atoms with van der Waals surface area (Å²) in [7, 11) is 0. The zero-order valence-corrected chi connectivity index (χ0v) is 12.4. The zero-order valence-electron chi connectivity index (χ0n) is 12.4. The van der Waals surface area contributed by atoms with Gasteiger partial charge in [0.2, 0.25) is 0 Å². The van der Waals surface area contributed by atoms with Crippen LogP contribution < -0.4 is 0 Å². The maximum atomic E-state index is 12.5. The fraction of sp³-hybridized carbons (Fsp3) is 0.857. The lowest BCUT2D eigenvalue weighted by molar-refractivity contribution is -0.138. The number of likely N-dealkylation sites (tertiary alicyclic amines) is 1. The molecule has 1 saturated heterocycles. The minimum Gasteiger partial charge on any atom is -0.480 e. The van der Waals surface area contributed by atoms with E-state index in [0.29, 0.717) is 25.4 Å². The van der Waals surface area contributed by atoms with Crippen LogP contribution in [0.15, 0.2) is 0 Å². The van der Waals surface area contributed by atoms with Gasteiger partial charge in [0.05, 0.1) is 0 Å². The molecule has 0 saturated carbocycles. The van der Waals surface area contributed by atoms with Crippen LogP contribution in [0.3, 0.4) is 0 Å². The summed E-state index contributed by atoms with van der Waals surface area (Å²) in [5.41, 5.74) is 0. The van der Waals surface area contributed by atoms with E-state index in [0.717, 1.165) is 19.3 Å². The van der Waals surface area contributed by atoms with Gasteiger partial charge in [0.1, 0.15) is 6.54 Å². The number of carbonyl (C=O) groups is 2. The smallest absolute Gasteiger partial charge is 0.323 e. The van der Waals surface area contributed by atoms with Crippen LogP contribution in [0.5, 0.6) is 0 Å². The second kappa shape index (κ2) is 8.09. The van der Waals surface area contributed by atoms with Crippen LogP contribution in [-0.2, 0) is 4.79 Å². The van der Waals surface area contributed by atoms with Crippen LogP contribution in [0.25, 0.3) is 0 Å². The highest BCUT2D eigenvalue weighted by Gasteiger charge is 2.29. The quantitative estimate of drug-likeness (QED) is 0.773. The Labute approximate surface area is 120 Å². The first-order valence-corrected chi connectivity index (χ1v) is 7.37. The van der Waals surface area contributed by atoms with Crippen molar-refractivity contribution in [3.8, 4) is 0 Å². The summed E-state index contributed by atoms with van der Waals surface area (Å²) in [4.78, 5) is 26.6. The first-order valence-electron chi connectivity index (χ1n) is 7.37. The first-order chi connectivity index (χ1) is 9.49. The number of aliphatic hydroxyl groups is 1. The Kier molecular flexibility index (Phi) is 6.78. The van der Waals surface area contributed by atoms with Crippen molar-refractivity contribution < 1.29 is 19.8 Å². The molecule has 0 aromatic heterocycles. The molecule has 2 N–H and O–H groups in total. The van der Waals surface area contributed by atoms with E-state index < -0.39 is 5.97 Å². The highest BCUT2D eigenvalue weighted by Crippen LogP contribution is 2.21. The molecule has 116 valence electrons. The van der Waals surface area contributed by atoms with Gasteiger partial charge in [0.15, 0.2) is 0 Å². The maximum Gasteiger partial charge on any atom is 0.323 e. The molecule has 1 aliphatic heterocycles. The fourth-order valence-corrected chi connectivity index (χ4v) is 2.62. The number of aliphatic hydroxyl groups excluding tert-OH is 1. The number of rotatable bonds is 6. The molecule has 1 fully saturated rings. The van der Waals surface area contributed by atoms with Crippen LogP contribution in [0.1, 0.15) is 39.5 Å². The standard InChI is InChI=1S/C14H26N2O4/c1-3-11(2)16(10-13(18)19)14(20)15-7-4-5-12(9-15)6-8-17/h11-12,17H,3-10H2,1-2H3,(H,18,19). The van der Waals surface area contributed by atoms with Crippen molar-refractivity contribution in [1.82, 2.24) is 9.80 Å². The molecule has 1 heterocycles. The second-order valence-corrected chi connectivity index (χ2v) is 5.53. The number of nitrogens with zero attached hydrogens (tertiary/aromatic N) is 2. The van der Waals surface area contributed by atoms with Crippen molar-refractivity contribution >= 4 is 12.0 Å². The molecular formula is C14H26N2O4. The molecular weight excluding hydrogens is 260 g/mol. The normalized spacial score (nSPS) is 20.6. The summed E-state index contributed by atoms with van der Waals surface area (Å²) < 4.78 is 0. The summed E-state index contributed by atoms with van der Waals surface area (Å²) in [6.07, 6.45) is 3.36. The van der Waals surface area contributed by atoms with Gasteiger partial charge in [-0.3, -0.25) is 4.79 Å². The number of hydrogen-bond donors (Lipinski definition) is 2. The second-order valence-electron chi connectivity index (χ2n) is 5.53. The van der Waals surface area contributed by atoms with Crippen LogP contribution in [0.2, 0.25) is 0 Å². The van der Waals surface area contributed by atoms with Crippen molar-refractivity contribution in [2.45, 2.75) is 45.6 Å². The molecule has 0 bridgehead atoms. The van der Waals surface area contributed by atoms with E-state index in [1.165, 1.54) is 4.90 Å². The maximum absolute atomic E-state index is 12.5. The Balaban J connectivity index is 2.70. The van der Waals surface area contributed by atoms with Crippen LogP contribution in [-0.4, -0.2) is 64.3 Å². The Morgan fingerprint density at radius 3 is 2.70 bits per heavy atom. The van der Waals surface area contributed by atoms with Crippen LogP contribution in [0.4, 0.5) is 4.79 Å². The molecule has 0 aliphatic carbocycles. The largest absolute Gasteiger partial charge is 0.480 e. The predicted octanol–water partition coefficient (Wildman–Crippen LogP) is 1.39. The third-order valence-electron chi connectivity index (χ3n) is 4.00. The Hall–Kier alpha value is -1.30. The van der Waals surface area contributed by atoms with Gasteiger partial charge in [-0.2, -0.15) is 0 Å². The summed E-state index contributed by atoms with van der Waals surface area (Å²) >= 11 is 0. The molecule has 0 aromatic carbocycles. The third-order valence-corrected chi connectivity index (χ3v) is 4.00. The molecule has 2 unspecified atom stereocenters. The predicted molar refractivity (Wildman–Crippen MR) is 75.5 cm³/mol. The number of hydrogen-bond acceptors (Lipinski definition) is 3. The molecule has 0 radical (unpaired) electrons. The van der Waals surface area contributed by atoms with Gasteiger partial charge >= 0.3 is 12.0 Å². The van der Waals surface area contributed by atoms with Gasteiger partial charge in [-0.1, -0.05) is 6.92 Å². The van der Waals surface area contributed by atoms with Crippen LogP contribution >= 0.6 is 0 Å². The number of piperidine rings is 1. The zero-order chi connectivity index (χ0) is 15.1. The molecule has 1 rings (SSSR count). The Morgan fingerprint density at radius 1 is 1.45 bits per heavy atom. The molecule has 2 amide bonds. The van der Waals surface area contributed by atoms with Crippen molar-refractivity contribution in [3.05, 3.63) is 0 Å². The fourth-order valence-electron chi connectivity index (χ4n) is 2.62. The third kappa shape index (κ3) is 4.67. The lowest BCUT2D eigenvalue weighted by Crippen LogP contribution is -2.51.